The monoisotopic (exact) mass is 369 g/mol. The van der Waals surface area contributed by atoms with Gasteiger partial charge in [-0.15, -0.1) is 0 Å². The third kappa shape index (κ3) is 14.2. The molecule has 0 radical (unpaired) electrons. The molecule has 0 aliphatic rings. The summed E-state index contributed by atoms with van der Waals surface area (Å²) in [6.45, 7) is 2.04. The van der Waals surface area contributed by atoms with Crippen molar-refractivity contribution in [2.75, 3.05) is 0 Å². The molecule has 2 atom stereocenters. The van der Waals surface area contributed by atoms with Crippen molar-refractivity contribution in [2.24, 2.45) is 0 Å². The Morgan fingerprint density at radius 3 is 2.31 bits per heavy atom. The smallest absolute Gasteiger partial charge is 0.326 e. The van der Waals surface area contributed by atoms with E-state index in [1.54, 1.807) is 0 Å². The molecular formula is C19H31NO6. The first-order chi connectivity index (χ1) is 12.4. The fourth-order valence-electron chi connectivity index (χ4n) is 2.27. The molecule has 26 heavy (non-hydrogen) atoms. The van der Waals surface area contributed by atoms with Crippen molar-refractivity contribution in [2.45, 2.75) is 76.9 Å². The van der Waals surface area contributed by atoms with E-state index in [2.05, 4.69) is 5.32 Å². The molecular weight excluding hydrogens is 338 g/mol. The molecule has 0 heterocycles. The van der Waals surface area contributed by atoms with Crippen LogP contribution in [0, 0.1) is 0 Å². The number of carboxylic acids is 2. The minimum Gasteiger partial charge on any atom is -0.481 e. The maximum absolute atomic E-state index is 11.7. The Kier molecular flexibility index (Phi) is 13.9. The molecule has 1 amide bonds. The lowest BCUT2D eigenvalue weighted by molar-refractivity contribution is -0.143. The van der Waals surface area contributed by atoms with E-state index < -0.39 is 18.0 Å². The van der Waals surface area contributed by atoms with Crippen molar-refractivity contribution in [3.8, 4) is 0 Å². The van der Waals surface area contributed by atoms with Crippen molar-refractivity contribution in [3.05, 3.63) is 24.3 Å². The summed E-state index contributed by atoms with van der Waals surface area (Å²) in [5.74, 6) is -2.71. The molecule has 0 aromatic heterocycles. The van der Waals surface area contributed by atoms with E-state index in [0.29, 0.717) is 19.3 Å². The number of aliphatic hydroxyl groups is 1. The topological polar surface area (TPSA) is 124 Å². The Labute approximate surface area is 154 Å². The predicted octanol–water partition coefficient (Wildman–Crippen LogP) is 2.64. The van der Waals surface area contributed by atoms with Crippen LogP contribution in [-0.4, -0.2) is 45.3 Å². The summed E-state index contributed by atoms with van der Waals surface area (Å²) in [6, 6.07) is -1.16. The van der Waals surface area contributed by atoms with E-state index in [1.807, 2.05) is 31.2 Å². The second-order valence-corrected chi connectivity index (χ2v) is 6.14. The molecule has 2 unspecified atom stereocenters. The zero-order valence-corrected chi connectivity index (χ0v) is 15.4. The van der Waals surface area contributed by atoms with Crippen LogP contribution >= 0.6 is 0 Å². The first-order valence-corrected chi connectivity index (χ1v) is 9.08. The van der Waals surface area contributed by atoms with Crippen LogP contribution in [0.15, 0.2) is 24.3 Å². The maximum Gasteiger partial charge on any atom is 0.326 e. The summed E-state index contributed by atoms with van der Waals surface area (Å²) in [4.78, 5) is 33.2. The fraction of sp³-hybridized carbons (Fsp3) is 0.632. The number of rotatable bonds is 15. The van der Waals surface area contributed by atoms with Gasteiger partial charge in [-0.1, -0.05) is 37.6 Å². The van der Waals surface area contributed by atoms with E-state index in [0.717, 1.165) is 19.3 Å². The molecule has 7 heteroatoms. The highest BCUT2D eigenvalue weighted by Crippen LogP contribution is 2.04. The van der Waals surface area contributed by atoms with Gasteiger partial charge in [-0.3, -0.25) is 9.59 Å². The van der Waals surface area contributed by atoms with Gasteiger partial charge in [0.1, 0.15) is 6.04 Å². The molecule has 0 aromatic carbocycles. The molecule has 0 saturated carbocycles. The van der Waals surface area contributed by atoms with Crippen LogP contribution in [-0.2, 0) is 14.4 Å². The van der Waals surface area contributed by atoms with Gasteiger partial charge in [0.05, 0.1) is 6.10 Å². The van der Waals surface area contributed by atoms with E-state index >= 15 is 0 Å². The normalized spacial score (nSPS) is 13.8. The summed E-state index contributed by atoms with van der Waals surface area (Å²) in [5, 5.41) is 29.5. The zero-order chi connectivity index (χ0) is 19.8. The van der Waals surface area contributed by atoms with Crippen molar-refractivity contribution in [1.82, 2.24) is 5.32 Å². The van der Waals surface area contributed by atoms with Crippen molar-refractivity contribution < 1.29 is 29.7 Å². The second kappa shape index (κ2) is 15.1. The molecule has 0 aromatic rings. The second-order valence-electron chi connectivity index (χ2n) is 6.14. The molecule has 0 fully saturated rings. The highest BCUT2D eigenvalue weighted by atomic mass is 16.4. The van der Waals surface area contributed by atoms with Gasteiger partial charge in [-0.25, -0.2) is 4.79 Å². The third-order valence-corrected chi connectivity index (χ3v) is 3.69. The van der Waals surface area contributed by atoms with Crippen molar-refractivity contribution in [1.29, 1.82) is 0 Å². The number of aliphatic carboxylic acids is 2. The molecule has 0 bridgehead atoms. The highest BCUT2D eigenvalue weighted by molar-refractivity contribution is 5.83. The fourth-order valence-corrected chi connectivity index (χ4v) is 2.27. The predicted molar refractivity (Wildman–Crippen MR) is 98.7 cm³/mol. The zero-order valence-electron chi connectivity index (χ0n) is 15.4. The molecule has 0 aliphatic carbocycles. The van der Waals surface area contributed by atoms with Gasteiger partial charge >= 0.3 is 11.9 Å². The number of nitrogens with one attached hydrogen (secondary N) is 1. The van der Waals surface area contributed by atoms with E-state index in [4.69, 9.17) is 10.2 Å². The summed E-state index contributed by atoms with van der Waals surface area (Å²) in [7, 11) is 0. The number of unbranched alkanes of at least 4 members (excludes halogenated alkanes) is 1. The molecule has 4 N–H and O–H groups in total. The Balaban J connectivity index is 3.87. The molecule has 148 valence electrons. The van der Waals surface area contributed by atoms with Crippen LogP contribution in [0.4, 0.5) is 0 Å². The maximum atomic E-state index is 11.7. The number of amides is 1. The number of hydrogen-bond donors (Lipinski definition) is 4. The molecule has 0 saturated heterocycles. The number of carbonyl (C=O) groups excluding carboxylic acids is 1. The highest BCUT2D eigenvalue weighted by Gasteiger charge is 2.20. The van der Waals surface area contributed by atoms with Gasteiger partial charge in [-0.05, 0) is 38.5 Å². The average molecular weight is 369 g/mol. The van der Waals surface area contributed by atoms with Gasteiger partial charge < -0.3 is 20.6 Å². The Morgan fingerprint density at radius 1 is 1.00 bits per heavy atom. The SMILES string of the molecule is CCCC(O)C/C=C\C/C=C\CCCC(=O)NC(CCC(=O)O)C(=O)O. The van der Waals surface area contributed by atoms with Crippen LogP contribution in [0.25, 0.3) is 0 Å². The summed E-state index contributed by atoms with van der Waals surface area (Å²) >= 11 is 0. The summed E-state index contributed by atoms with van der Waals surface area (Å²) in [6.07, 6.45) is 11.9. The standard InChI is InChI=1S/C19H31NO6/c1-2-10-15(21)11-8-6-4-3-5-7-9-12-17(22)20-16(19(25)26)13-14-18(23)24/h3,5-6,8,15-16,21H,2,4,7,9-14H2,1H3,(H,20,22)(H,23,24)(H,25,26)/b5-3-,8-6-. The van der Waals surface area contributed by atoms with Gasteiger partial charge in [0.2, 0.25) is 5.91 Å². The van der Waals surface area contributed by atoms with Crippen LogP contribution in [0.1, 0.15) is 64.7 Å². The third-order valence-electron chi connectivity index (χ3n) is 3.69. The summed E-state index contributed by atoms with van der Waals surface area (Å²) < 4.78 is 0. The van der Waals surface area contributed by atoms with Gasteiger partial charge in [0.25, 0.3) is 0 Å². The minimum atomic E-state index is -1.23. The van der Waals surface area contributed by atoms with E-state index in [-0.39, 0.29) is 31.3 Å². The number of aliphatic hydroxyl groups excluding tert-OH is 1. The van der Waals surface area contributed by atoms with Gasteiger partial charge in [0.15, 0.2) is 0 Å². The van der Waals surface area contributed by atoms with Crippen molar-refractivity contribution >= 4 is 17.8 Å². The van der Waals surface area contributed by atoms with Crippen molar-refractivity contribution in [3.63, 3.8) is 0 Å². The lowest BCUT2D eigenvalue weighted by Gasteiger charge is -2.13. The van der Waals surface area contributed by atoms with Crippen LogP contribution in [0.5, 0.6) is 0 Å². The number of carboxylic acid groups (broad SMARTS) is 2. The van der Waals surface area contributed by atoms with Crippen LogP contribution < -0.4 is 5.32 Å². The average Bonchev–Trinajstić information content (AvgIpc) is 2.56. The summed E-state index contributed by atoms with van der Waals surface area (Å²) in [5.41, 5.74) is 0. The molecule has 0 rings (SSSR count). The quantitative estimate of drug-likeness (QED) is 0.260. The Bertz CT molecular complexity index is 486. The van der Waals surface area contributed by atoms with E-state index in [9.17, 15) is 19.5 Å². The molecule has 0 spiro atoms. The van der Waals surface area contributed by atoms with Crippen LogP contribution in [0.2, 0.25) is 0 Å². The Morgan fingerprint density at radius 2 is 1.69 bits per heavy atom. The lowest BCUT2D eigenvalue weighted by atomic mass is 10.1. The number of carbonyl (C=O) groups is 3. The number of hydrogen-bond acceptors (Lipinski definition) is 4. The minimum absolute atomic E-state index is 0.129. The molecule has 7 nitrogen and oxygen atoms in total. The lowest BCUT2D eigenvalue weighted by Crippen LogP contribution is -2.41. The van der Waals surface area contributed by atoms with E-state index in [1.165, 1.54) is 0 Å². The molecule has 0 aliphatic heterocycles. The van der Waals surface area contributed by atoms with Gasteiger partial charge in [-0.2, -0.15) is 0 Å². The first kappa shape index (κ1) is 23.9. The number of allylic oxidation sites excluding steroid dienone is 3. The largest absolute Gasteiger partial charge is 0.481 e. The first-order valence-electron chi connectivity index (χ1n) is 9.08. The Hall–Kier alpha value is -2.15. The van der Waals surface area contributed by atoms with Crippen LogP contribution in [0.3, 0.4) is 0 Å². The van der Waals surface area contributed by atoms with Gasteiger partial charge in [0, 0.05) is 12.8 Å².